The van der Waals surface area contributed by atoms with Crippen LogP contribution in [0.4, 0.5) is 4.79 Å². The van der Waals surface area contributed by atoms with Crippen molar-refractivity contribution in [2.24, 2.45) is 0 Å². The first-order chi connectivity index (χ1) is 11.6. The van der Waals surface area contributed by atoms with E-state index < -0.39 is 23.3 Å². The van der Waals surface area contributed by atoms with Crippen molar-refractivity contribution < 1.29 is 23.9 Å². The number of hydrogen-bond donors (Lipinski definition) is 1. The number of unbranched alkanes of at least 4 members (excludes halogenated alkanes) is 3. The Bertz CT molecular complexity index is 545. The zero-order chi connectivity index (χ0) is 18.9. The summed E-state index contributed by atoms with van der Waals surface area (Å²) in [5.74, 6) is -0.661. The predicted octanol–water partition coefficient (Wildman–Crippen LogP) is 3.46. The van der Waals surface area contributed by atoms with Gasteiger partial charge in [0.15, 0.2) is 5.60 Å². The second-order valence-corrected chi connectivity index (χ2v) is 7.16. The highest BCUT2D eigenvalue weighted by molar-refractivity contribution is 6.01. The van der Waals surface area contributed by atoms with E-state index in [0.717, 1.165) is 25.7 Å². The molecule has 1 atom stereocenters. The van der Waals surface area contributed by atoms with Gasteiger partial charge in [-0.25, -0.2) is 4.79 Å². The van der Waals surface area contributed by atoms with Gasteiger partial charge in [0.1, 0.15) is 5.60 Å². The van der Waals surface area contributed by atoms with E-state index in [1.165, 1.54) is 13.0 Å². The molecule has 140 valence electrons. The fourth-order valence-electron chi connectivity index (χ4n) is 2.55. The number of amides is 1. The second kappa shape index (κ2) is 9.39. The number of alkyl carbamates (subject to hydrolysis) is 1. The third-order valence-electron chi connectivity index (χ3n) is 3.61. The van der Waals surface area contributed by atoms with Crippen LogP contribution in [0.5, 0.6) is 0 Å². The molecular formula is C19H29NO5. The summed E-state index contributed by atoms with van der Waals surface area (Å²) in [5, 5.41) is 2.72. The fraction of sp³-hybridized carbons (Fsp3) is 0.632. The predicted molar refractivity (Wildman–Crippen MR) is 95.1 cm³/mol. The van der Waals surface area contributed by atoms with Gasteiger partial charge in [0.05, 0.1) is 0 Å². The summed E-state index contributed by atoms with van der Waals surface area (Å²) in [6.07, 6.45) is 9.88. The molecule has 25 heavy (non-hydrogen) atoms. The largest absolute Gasteiger partial charge is 0.447 e. The van der Waals surface area contributed by atoms with Crippen LogP contribution in [-0.4, -0.2) is 35.6 Å². The van der Waals surface area contributed by atoms with Gasteiger partial charge in [-0.2, -0.15) is 0 Å². The van der Waals surface area contributed by atoms with E-state index in [9.17, 15) is 14.4 Å². The molecule has 0 aliphatic heterocycles. The molecule has 1 rings (SSSR count). The normalized spacial score (nSPS) is 19.6. The number of ether oxygens (including phenoxy) is 2. The Morgan fingerprint density at radius 3 is 2.40 bits per heavy atom. The van der Waals surface area contributed by atoms with Crippen molar-refractivity contribution in [1.29, 1.82) is 0 Å². The maximum Gasteiger partial charge on any atom is 0.407 e. The van der Waals surface area contributed by atoms with Crippen LogP contribution in [0.1, 0.15) is 59.8 Å². The average molecular weight is 351 g/mol. The van der Waals surface area contributed by atoms with Crippen LogP contribution in [0.15, 0.2) is 24.3 Å². The number of nitrogens with one attached hydrogen (secondary N) is 1. The molecule has 0 heterocycles. The maximum atomic E-state index is 12.1. The average Bonchev–Trinajstić information content (AvgIpc) is 2.47. The molecule has 0 spiro atoms. The fourth-order valence-corrected chi connectivity index (χ4v) is 2.55. The van der Waals surface area contributed by atoms with Crippen LogP contribution in [0.3, 0.4) is 0 Å². The lowest BCUT2D eigenvalue weighted by atomic mass is 9.87. The number of hydrogen-bond acceptors (Lipinski definition) is 5. The van der Waals surface area contributed by atoms with Crippen LogP contribution in [-0.2, 0) is 19.1 Å². The molecule has 0 fully saturated rings. The number of carbonyl (C=O) groups excluding carboxylic acids is 3. The molecule has 1 aliphatic carbocycles. The summed E-state index contributed by atoms with van der Waals surface area (Å²) in [7, 11) is 0. The molecule has 0 saturated carbocycles. The number of esters is 1. The van der Waals surface area contributed by atoms with Gasteiger partial charge < -0.3 is 14.8 Å². The monoisotopic (exact) mass is 351 g/mol. The van der Waals surface area contributed by atoms with Crippen molar-refractivity contribution in [3.05, 3.63) is 24.3 Å². The lowest BCUT2D eigenvalue weighted by molar-refractivity contribution is -0.159. The number of allylic oxidation sites excluding steroid dienone is 2. The van der Waals surface area contributed by atoms with E-state index >= 15 is 0 Å². The molecule has 0 bridgehead atoms. The first-order valence-electron chi connectivity index (χ1n) is 8.71. The van der Waals surface area contributed by atoms with E-state index in [1.54, 1.807) is 18.2 Å². The lowest BCUT2D eigenvalue weighted by Gasteiger charge is -2.29. The lowest BCUT2D eigenvalue weighted by Crippen LogP contribution is -2.41. The van der Waals surface area contributed by atoms with Crippen molar-refractivity contribution in [1.82, 2.24) is 5.32 Å². The van der Waals surface area contributed by atoms with Crippen LogP contribution in [0.25, 0.3) is 0 Å². The summed E-state index contributed by atoms with van der Waals surface area (Å²) in [6.45, 7) is 7.32. The highest BCUT2D eigenvalue weighted by Gasteiger charge is 2.37. The molecule has 1 amide bonds. The van der Waals surface area contributed by atoms with Crippen LogP contribution < -0.4 is 5.32 Å². The van der Waals surface area contributed by atoms with Gasteiger partial charge in [-0.15, -0.1) is 0 Å². The Morgan fingerprint density at radius 2 is 1.80 bits per heavy atom. The van der Waals surface area contributed by atoms with E-state index in [1.807, 2.05) is 20.8 Å². The molecular weight excluding hydrogens is 322 g/mol. The molecule has 1 N–H and O–H groups in total. The van der Waals surface area contributed by atoms with Crippen molar-refractivity contribution in [2.45, 2.75) is 71.0 Å². The molecule has 1 unspecified atom stereocenters. The molecule has 6 nitrogen and oxygen atoms in total. The van der Waals surface area contributed by atoms with E-state index in [0.29, 0.717) is 13.0 Å². The third-order valence-corrected chi connectivity index (χ3v) is 3.61. The van der Waals surface area contributed by atoms with Crippen molar-refractivity contribution in [2.75, 3.05) is 6.54 Å². The summed E-state index contributed by atoms with van der Waals surface area (Å²) >= 11 is 0. The van der Waals surface area contributed by atoms with Crippen molar-refractivity contribution in [3.63, 3.8) is 0 Å². The van der Waals surface area contributed by atoms with E-state index in [2.05, 4.69) is 5.32 Å². The maximum absolute atomic E-state index is 12.1. The minimum absolute atomic E-state index is 0.197. The van der Waals surface area contributed by atoms with Crippen molar-refractivity contribution in [3.8, 4) is 0 Å². The van der Waals surface area contributed by atoms with Gasteiger partial charge >= 0.3 is 12.1 Å². The molecule has 6 heteroatoms. The minimum Gasteiger partial charge on any atom is -0.447 e. The van der Waals surface area contributed by atoms with Crippen molar-refractivity contribution >= 4 is 17.8 Å². The van der Waals surface area contributed by atoms with Gasteiger partial charge in [0.2, 0.25) is 5.78 Å². The SMILES string of the molecule is CC(=O)OC1(CCCCCCNC(=O)OC(C)(C)C)C=CC=CC1=O. The molecule has 1 aliphatic rings. The van der Waals surface area contributed by atoms with Gasteiger partial charge in [-0.3, -0.25) is 9.59 Å². The first-order valence-corrected chi connectivity index (χ1v) is 8.71. The highest BCUT2D eigenvalue weighted by atomic mass is 16.6. The first kappa shape index (κ1) is 20.9. The minimum atomic E-state index is -1.16. The number of rotatable bonds is 8. The highest BCUT2D eigenvalue weighted by Crippen LogP contribution is 2.26. The standard InChI is InChI=1S/C19H29NO5/c1-15(21)24-19(13-9-7-11-16(19)22)12-8-5-6-10-14-20-17(23)25-18(2,3)4/h7,9,11,13H,5-6,8,10,12,14H2,1-4H3,(H,20,23). The Hall–Kier alpha value is -2.11. The summed E-state index contributed by atoms with van der Waals surface area (Å²) < 4.78 is 10.5. The van der Waals surface area contributed by atoms with Gasteiger partial charge in [-0.05, 0) is 52.2 Å². The van der Waals surface area contributed by atoms with Crippen LogP contribution >= 0.6 is 0 Å². The molecule has 0 aromatic carbocycles. The zero-order valence-corrected chi connectivity index (χ0v) is 15.6. The summed E-state index contributed by atoms with van der Waals surface area (Å²) in [6, 6.07) is 0. The number of carbonyl (C=O) groups is 3. The van der Waals surface area contributed by atoms with Gasteiger partial charge in [0, 0.05) is 13.5 Å². The van der Waals surface area contributed by atoms with Crippen LogP contribution in [0, 0.1) is 0 Å². The van der Waals surface area contributed by atoms with Gasteiger partial charge in [-0.1, -0.05) is 25.0 Å². The summed E-state index contributed by atoms with van der Waals surface area (Å²) in [5.41, 5.74) is -1.65. The Kier molecular flexibility index (Phi) is 7.87. The smallest absolute Gasteiger partial charge is 0.407 e. The summed E-state index contributed by atoms with van der Waals surface area (Å²) in [4.78, 5) is 34.9. The van der Waals surface area contributed by atoms with E-state index in [-0.39, 0.29) is 5.78 Å². The molecule has 0 aromatic rings. The Labute approximate surface area is 149 Å². The molecule has 0 aromatic heterocycles. The zero-order valence-electron chi connectivity index (χ0n) is 15.6. The quantitative estimate of drug-likeness (QED) is 0.535. The van der Waals surface area contributed by atoms with Crippen LogP contribution in [0.2, 0.25) is 0 Å². The van der Waals surface area contributed by atoms with E-state index in [4.69, 9.17) is 9.47 Å². The molecule has 0 radical (unpaired) electrons. The Morgan fingerprint density at radius 1 is 1.12 bits per heavy atom. The third kappa shape index (κ3) is 8.01. The molecule has 0 saturated heterocycles. The number of ketones is 1. The Balaban J connectivity index is 2.26. The topological polar surface area (TPSA) is 81.7 Å². The van der Waals surface area contributed by atoms with Gasteiger partial charge in [0.25, 0.3) is 0 Å². The second-order valence-electron chi connectivity index (χ2n) is 7.16.